The highest BCUT2D eigenvalue weighted by Crippen LogP contribution is 2.24. The third kappa shape index (κ3) is 3.69. The standard InChI is InChI=1S/C15H15ClN2O3S/c1-3-21-14(20)11-8-17-15(18(2)13(11)19)22-9-10-6-4-5-7-12(10)16/h4-8H,3,9H2,1-2H3. The van der Waals surface area contributed by atoms with Crippen molar-refractivity contribution in [3.05, 3.63) is 57.0 Å². The first-order valence-electron chi connectivity index (χ1n) is 6.64. The first-order valence-corrected chi connectivity index (χ1v) is 8.00. The molecule has 2 rings (SSSR count). The molecule has 0 saturated heterocycles. The molecule has 0 saturated carbocycles. The number of ether oxygens (including phenoxy) is 1. The van der Waals surface area contributed by atoms with E-state index in [1.165, 1.54) is 22.5 Å². The molecular weight excluding hydrogens is 324 g/mol. The SMILES string of the molecule is CCOC(=O)c1cnc(SCc2ccccc2Cl)n(C)c1=O. The van der Waals surface area contributed by atoms with Gasteiger partial charge in [-0.3, -0.25) is 9.36 Å². The summed E-state index contributed by atoms with van der Waals surface area (Å²) in [5, 5.41) is 1.18. The summed E-state index contributed by atoms with van der Waals surface area (Å²) in [5.41, 5.74) is 0.472. The van der Waals surface area contributed by atoms with Crippen LogP contribution in [0.25, 0.3) is 0 Å². The Morgan fingerprint density at radius 1 is 1.41 bits per heavy atom. The number of aromatic nitrogens is 2. The van der Waals surface area contributed by atoms with Gasteiger partial charge in [-0.15, -0.1) is 0 Å². The number of thioether (sulfide) groups is 1. The van der Waals surface area contributed by atoms with Crippen LogP contribution in [0, 0.1) is 0 Å². The fourth-order valence-corrected chi connectivity index (χ4v) is 2.99. The maximum absolute atomic E-state index is 12.2. The summed E-state index contributed by atoms with van der Waals surface area (Å²) < 4.78 is 6.17. The minimum Gasteiger partial charge on any atom is -0.462 e. The first-order chi connectivity index (χ1) is 10.5. The van der Waals surface area contributed by atoms with E-state index in [1.807, 2.05) is 24.3 Å². The van der Waals surface area contributed by atoms with Gasteiger partial charge in [-0.1, -0.05) is 41.6 Å². The Labute approximate surface area is 137 Å². The summed E-state index contributed by atoms with van der Waals surface area (Å²) in [6, 6.07) is 7.49. The van der Waals surface area contributed by atoms with E-state index in [4.69, 9.17) is 16.3 Å². The molecule has 2 aromatic rings. The number of benzene rings is 1. The Balaban J connectivity index is 2.20. The van der Waals surface area contributed by atoms with Gasteiger partial charge >= 0.3 is 5.97 Å². The van der Waals surface area contributed by atoms with Gasteiger partial charge in [0.05, 0.1) is 6.61 Å². The number of carbonyl (C=O) groups is 1. The van der Waals surface area contributed by atoms with Gasteiger partial charge < -0.3 is 4.74 Å². The van der Waals surface area contributed by atoms with E-state index in [-0.39, 0.29) is 12.2 Å². The van der Waals surface area contributed by atoms with Gasteiger partial charge in [0.25, 0.3) is 5.56 Å². The third-order valence-corrected chi connectivity index (χ3v) is 4.40. The molecule has 1 aromatic carbocycles. The van der Waals surface area contributed by atoms with Crippen molar-refractivity contribution in [2.75, 3.05) is 6.61 Å². The quantitative estimate of drug-likeness (QED) is 0.476. The van der Waals surface area contributed by atoms with E-state index in [0.717, 1.165) is 5.56 Å². The number of hydrogen-bond acceptors (Lipinski definition) is 5. The van der Waals surface area contributed by atoms with Crippen molar-refractivity contribution in [2.24, 2.45) is 7.05 Å². The van der Waals surface area contributed by atoms with Crippen LogP contribution in [0.2, 0.25) is 5.02 Å². The van der Waals surface area contributed by atoms with E-state index in [2.05, 4.69) is 4.98 Å². The molecule has 0 aliphatic rings. The molecule has 116 valence electrons. The van der Waals surface area contributed by atoms with Crippen LogP contribution in [-0.2, 0) is 17.5 Å². The Hall–Kier alpha value is -1.79. The van der Waals surface area contributed by atoms with Gasteiger partial charge in [0.15, 0.2) is 5.16 Å². The molecule has 0 atom stereocenters. The fraction of sp³-hybridized carbons (Fsp3) is 0.267. The van der Waals surface area contributed by atoms with Crippen molar-refractivity contribution in [1.82, 2.24) is 9.55 Å². The van der Waals surface area contributed by atoms with Gasteiger partial charge in [0.1, 0.15) is 5.56 Å². The summed E-state index contributed by atoms with van der Waals surface area (Å²) >= 11 is 7.48. The molecule has 7 heteroatoms. The lowest BCUT2D eigenvalue weighted by Crippen LogP contribution is -2.27. The molecular formula is C15H15ClN2O3S. The van der Waals surface area contributed by atoms with Crippen LogP contribution in [0.5, 0.6) is 0 Å². The molecule has 0 spiro atoms. The van der Waals surface area contributed by atoms with Gasteiger partial charge in [0.2, 0.25) is 0 Å². The van der Waals surface area contributed by atoms with Crippen LogP contribution < -0.4 is 5.56 Å². The molecule has 22 heavy (non-hydrogen) atoms. The largest absolute Gasteiger partial charge is 0.462 e. The average molecular weight is 339 g/mol. The predicted octanol–water partition coefficient (Wildman–Crippen LogP) is 2.90. The Morgan fingerprint density at radius 3 is 2.82 bits per heavy atom. The average Bonchev–Trinajstić information content (AvgIpc) is 2.50. The normalized spacial score (nSPS) is 10.5. The molecule has 0 bridgehead atoms. The Bertz CT molecular complexity index is 746. The highest BCUT2D eigenvalue weighted by atomic mass is 35.5. The highest BCUT2D eigenvalue weighted by molar-refractivity contribution is 7.98. The lowest BCUT2D eigenvalue weighted by atomic mass is 10.2. The maximum Gasteiger partial charge on any atom is 0.345 e. The highest BCUT2D eigenvalue weighted by Gasteiger charge is 2.15. The Kier molecular flexibility index (Phi) is 5.63. The monoisotopic (exact) mass is 338 g/mol. The zero-order chi connectivity index (χ0) is 16.1. The van der Waals surface area contributed by atoms with Crippen LogP contribution in [0.4, 0.5) is 0 Å². The van der Waals surface area contributed by atoms with Gasteiger partial charge in [-0.25, -0.2) is 9.78 Å². The van der Waals surface area contributed by atoms with E-state index in [0.29, 0.717) is 15.9 Å². The topological polar surface area (TPSA) is 61.2 Å². The third-order valence-electron chi connectivity index (χ3n) is 2.94. The second-order valence-electron chi connectivity index (χ2n) is 4.42. The molecule has 0 aliphatic heterocycles. The lowest BCUT2D eigenvalue weighted by Gasteiger charge is -2.09. The van der Waals surface area contributed by atoms with Crippen LogP contribution in [-0.4, -0.2) is 22.1 Å². The molecule has 1 heterocycles. The zero-order valence-corrected chi connectivity index (χ0v) is 13.8. The van der Waals surface area contributed by atoms with Crippen molar-refractivity contribution in [3.63, 3.8) is 0 Å². The molecule has 0 fully saturated rings. The summed E-state index contributed by atoms with van der Waals surface area (Å²) in [6.07, 6.45) is 1.26. The molecule has 1 aromatic heterocycles. The van der Waals surface area contributed by atoms with Gasteiger partial charge in [-0.2, -0.15) is 0 Å². The Morgan fingerprint density at radius 2 is 2.14 bits per heavy atom. The number of hydrogen-bond donors (Lipinski definition) is 0. The minimum absolute atomic E-state index is 0.0635. The molecule has 0 unspecified atom stereocenters. The van der Waals surface area contributed by atoms with E-state index in [9.17, 15) is 9.59 Å². The fourth-order valence-electron chi connectivity index (χ4n) is 1.77. The number of esters is 1. The van der Waals surface area contributed by atoms with Crippen molar-refractivity contribution >= 4 is 29.3 Å². The van der Waals surface area contributed by atoms with Gasteiger partial charge in [-0.05, 0) is 18.6 Å². The number of nitrogens with zero attached hydrogens (tertiary/aromatic N) is 2. The van der Waals surface area contributed by atoms with Crippen LogP contribution in [0.3, 0.4) is 0 Å². The number of carbonyl (C=O) groups excluding carboxylic acids is 1. The van der Waals surface area contributed by atoms with Crippen molar-refractivity contribution in [3.8, 4) is 0 Å². The van der Waals surface area contributed by atoms with E-state index in [1.54, 1.807) is 14.0 Å². The molecule has 0 amide bonds. The summed E-state index contributed by atoms with van der Waals surface area (Å²) in [5.74, 6) is -0.0723. The maximum atomic E-state index is 12.2. The van der Waals surface area contributed by atoms with Crippen LogP contribution in [0.1, 0.15) is 22.8 Å². The molecule has 5 nitrogen and oxygen atoms in total. The number of halogens is 1. The summed E-state index contributed by atoms with van der Waals surface area (Å²) in [6.45, 7) is 1.90. The van der Waals surface area contributed by atoms with E-state index < -0.39 is 11.5 Å². The van der Waals surface area contributed by atoms with Crippen molar-refractivity contribution < 1.29 is 9.53 Å². The molecule has 0 N–H and O–H groups in total. The lowest BCUT2D eigenvalue weighted by molar-refractivity contribution is 0.0522. The first kappa shape index (κ1) is 16.6. The smallest absolute Gasteiger partial charge is 0.345 e. The van der Waals surface area contributed by atoms with Crippen LogP contribution in [0.15, 0.2) is 40.4 Å². The molecule has 0 aliphatic carbocycles. The van der Waals surface area contributed by atoms with E-state index >= 15 is 0 Å². The summed E-state index contributed by atoms with van der Waals surface area (Å²) in [7, 11) is 1.58. The van der Waals surface area contributed by atoms with Crippen molar-refractivity contribution in [1.29, 1.82) is 0 Å². The minimum atomic E-state index is -0.654. The summed E-state index contributed by atoms with van der Waals surface area (Å²) in [4.78, 5) is 28.0. The van der Waals surface area contributed by atoms with Gasteiger partial charge in [0, 0.05) is 24.0 Å². The second-order valence-corrected chi connectivity index (χ2v) is 5.77. The van der Waals surface area contributed by atoms with Crippen LogP contribution >= 0.6 is 23.4 Å². The number of rotatable bonds is 5. The molecule has 0 radical (unpaired) electrons. The second kappa shape index (κ2) is 7.47. The predicted molar refractivity (Wildman–Crippen MR) is 86.4 cm³/mol. The zero-order valence-electron chi connectivity index (χ0n) is 12.2. The van der Waals surface area contributed by atoms with Crippen molar-refractivity contribution in [2.45, 2.75) is 17.8 Å².